The number of hydrogen-bond acceptors (Lipinski definition) is 5. The van der Waals surface area contributed by atoms with Gasteiger partial charge in [0.1, 0.15) is 17.1 Å². The van der Waals surface area contributed by atoms with Crippen LogP contribution in [0.4, 0.5) is 0 Å². The van der Waals surface area contributed by atoms with E-state index in [0.717, 1.165) is 43.7 Å². The Bertz CT molecular complexity index is 595. The van der Waals surface area contributed by atoms with Crippen molar-refractivity contribution in [1.29, 1.82) is 0 Å². The van der Waals surface area contributed by atoms with E-state index in [-0.39, 0.29) is 11.5 Å². The van der Waals surface area contributed by atoms with E-state index in [9.17, 15) is 4.79 Å². The number of benzene rings is 1. The number of nitrogens with one attached hydrogen (secondary N) is 2. The van der Waals surface area contributed by atoms with Gasteiger partial charge < -0.3 is 20.2 Å². The van der Waals surface area contributed by atoms with E-state index in [1.807, 2.05) is 24.3 Å². The Labute approximate surface area is 136 Å². The van der Waals surface area contributed by atoms with Crippen LogP contribution in [-0.4, -0.2) is 44.0 Å². The number of methoxy groups -OCH3 is 1. The second-order valence-electron chi connectivity index (χ2n) is 6.06. The molecule has 2 aliphatic rings. The molecule has 0 saturated carbocycles. The first-order valence-electron chi connectivity index (χ1n) is 8.08. The van der Waals surface area contributed by atoms with Crippen molar-refractivity contribution in [3.63, 3.8) is 0 Å². The predicted molar refractivity (Wildman–Crippen MR) is 87.7 cm³/mol. The van der Waals surface area contributed by atoms with E-state index in [1.165, 1.54) is 0 Å². The summed E-state index contributed by atoms with van der Waals surface area (Å²) in [4.78, 5) is 17.8. The van der Waals surface area contributed by atoms with Gasteiger partial charge in [-0.25, -0.2) is 0 Å². The molecule has 1 saturated heterocycles. The monoisotopic (exact) mass is 317 g/mol. The second-order valence-corrected chi connectivity index (χ2v) is 6.06. The molecule has 2 aliphatic heterocycles. The lowest BCUT2D eigenvalue weighted by Gasteiger charge is -2.30. The van der Waals surface area contributed by atoms with Gasteiger partial charge in [0.25, 0.3) is 5.91 Å². The molecule has 0 radical (unpaired) electrons. The van der Waals surface area contributed by atoms with Crippen LogP contribution in [0.5, 0.6) is 5.75 Å². The summed E-state index contributed by atoms with van der Waals surface area (Å²) in [5.74, 6) is 0.715. The van der Waals surface area contributed by atoms with Gasteiger partial charge in [0.05, 0.1) is 7.11 Å². The molecular weight excluding hydrogens is 294 g/mol. The number of oxime groups is 1. The summed E-state index contributed by atoms with van der Waals surface area (Å²) in [5, 5.41) is 10.2. The predicted octanol–water partition coefficient (Wildman–Crippen LogP) is 1.25. The van der Waals surface area contributed by atoms with Crippen LogP contribution in [0.25, 0.3) is 0 Å². The van der Waals surface area contributed by atoms with E-state index < -0.39 is 0 Å². The minimum Gasteiger partial charge on any atom is -0.496 e. The summed E-state index contributed by atoms with van der Waals surface area (Å²) in [7, 11) is 1.65. The Kier molecular flexibility index (Phi) is 4.81. The fourth-order valence-corrected chi connectivity index (χ4v) is 3.12. The van der Waals surface area contributed by atoms with Gasteiger partial charge >= 0.3 is 0 Å². The summed E-state index contributed by atoms with van der Waals surface area (Å²) in [6, 6.07) is 7.83. The molecule has 3 rings (SSSR count). The highest BCUT2D eigenvalue weighted by Gasteiger charge is 2.41. The highest BCUT2D eigenvalue weighted by Crippen LogP contribution is 2.32. The summed E-state index contributed by atoms with van der Waals surface area (Å²) >= 11 is 0. The summed E-state index contributed by atoms with van der Waals surface area (Å²) in [5.41, 5.74) is 1.32. The molecule has 0 bridgehead atoms. The van der Waals surface area contributed by atoms with Crippen LogP contribution in [0.1, 0.15) is 24.8 Å². The first kappa shape index (κ1) is 15.8. The Hall–Kier alpha value is -2.08. The molecule has 2 N–H and O–H groups in total. The van der Waals surface area contributed by atoms with Gasteiger partial charge in [0.15, 0.2) is 0 Å². The van der Waals surface area contributed by atoms with Gasteiger partial charge in [-0.2, -0.15) is 0 Å². The largest absolute Gasteiger partial charge is 0.496 e. The molecule has 0 atom stereocenters. The molecule has 1 aromatic carbocycles. The Morgan fingerprint density at radius 3 is 2.96 bits per heavy atom. The van der Waals surface area contributed by atoms with Gasteiger partial charge in [0.2, 0.25) is 0 Å². The van der Waals surface area contributed by atoms with Crippen molar-refractivity contribution in [2.45, 2.75) is 31.3 Å². The van der Waals surface area contributed by atoms with Crippen LogP contribution in [0, 0.1) is 0 Å². The van der Waals surface area contributed by atoms with Crippen molar-refractivity contribution in [2.75, 3.05) is 26.7 Å². The fourth-order valence-electron chi connectivity index (χ4n) is 3.12. The van der Waals surface area contributed by atoms with E-state index in [1.54, 1.807) is 7.11 Å². The summed E-state index contributed by atoms with van der Waals surface area (Å²) in [6.07, 6.45) is 3.12. The maximum Gasteiger partial charge on any atom is 0.269 e. The third-order valence-corrected chi connectivity index (χ3v) is 4.49. The van der Waals surface area contributed by atoms with Crippen molar-refractivity contribution >= 4 is 11.6 Å². The first-order chi connectivity index (χ1) is 11.2. The molecular formula is C17H23N3O3. The quantitative estimate of drug-likeness (QED) is 0.857. The smallest absolute Gasteiger partial charge is 0.269 e. The zero-order chi connectivity index (χ0) is 16.1. The number of rotatable bonds is 5. The number of carbonyl (C=O) groups is 1. The molecule has 1 spiro atoms. The fraction of sp³-hybridized carbons (Fsp3) is 0.529. The topological polar surface area (TPSA) is 72.0 Å². The van der Waals surface area contributed by atoms with Gasteiger partial charge in [-0.05, 0) is 31.1 Å². The van der Waals surface area contributed by atoms with Crippen molar-refractivity contribution in [1.82, 2.24) is 10.6 Å². The number of nitrogens with zero attached hydrogens (tertiary/aromatic N) is 1. The van der Waals surface area contributed by atoms with Crippen molar-refractivity contribution in [2.24, 2.45) is 5.16 Å². The second kappa shape index (κ2) is 7.00. The first-order valence-corrected chi connectivity index (χ1v) is 8.08. The third kappa shape index (κ3) is 3.64. The number of ether oxygens (including phenoxy) is 1. The number of amides is 1. The molecule has 0 aromatic heterocycles. The van der Waals surface area contributed by atoms with Crippen molar-refractivity contribution in [3.05, 3.63) is 29.8 Å². The molecule has 6 nitrogen and oxygen atoms in total. The van der Waals surface area contributed by atoms with Crippen LogP contribution in [0.2, 0.25) is 0 Å². The minimum atomic E-state index is -0.263. The summed E-state index contributed by atoms with van der Waals surface area (Å²) < 4.78 is 5.32. The van der Waals surface area contributed by atoms with E-state index in [2.05, 4.69) is 15.8 Å². The lowest BCUT2D eigenvalue weighted by Crippen LogP contribution is -2.43. The van der Waals surface area contributed by atoms with Crippen LogP contribution in [0.3, 0.4) is 0 Å². The maximum atomic E-state index is 12.2. The molecule has 6 heteroatoms. The average molecular weight is 317 g/mol. The zero-order valence-corrected chi connectivity index (χ0v) is 13.4. The molecule has 23 heavy (non-hydrogen) atoms. The van der Waals surface area contributed by atoms with Crippen LogP contribution < -0.4 is 15.4 Å². The minimum absolute atomic E-state index is 0.129. The molecule has 1 aromatic rings. The molecule has 124 valence electrons. The zero-order valence-electron chi connectivity index (χ0n) is 13.4. The highest BCUT2D eigenvalue weighted by atomic mass is 16.7. The molecule has 1 fully saturated rings. The molecule has 1 amide bonds. The number of para-hydroxylation sites is 1. The number of carbonyl (C=O) groups excluding carboxylic acids is 1. The van der Waals surface area contributed by atoms with Crippen LogP contribution >= 0.6 is 0 Å². The highest BCUT2D eigenvalue weighted by molar-refractivity contribution is 6.39. The van der Waals surface area contributed by atoms with Gasteiger partial charge in [-0.15, -0.1) is 0 Å². The van der Waals surface area contributed by atoms with E-state index in [0.29, 0.717) is 18.7 Å². The Morgan fingerprint density at radius 1 is 1.39 bits per heavy atom. The van der Waals surface area contributed by atoms with Gasteiger partial charge in [-0.3, -0.25) is 4.79 Å². The van der Waals surface area contributed by atoms with Crippen LogP contribution in [-0.2, 0) is 16.1 Å². The third-order valence-electron chi connectivity index (χ3n) is 4.49. The lowest BCUT2D eigenvalue weighted by atomic mass is 9.87. The van der Waals surface area contributed by atoms with Gasteiger partial charge in [-0.1, -0.05) is 23.4 Å². The van der Waals surface area contributed by atoms with E-state index in [4.69, 9.17) is 9.57 Å². The number of hydrogen-bond donors (Lipinski definition) is 2. The Morgan fingerprint density at radius 2 is 2.17 bits per heavy atom. The van der Waals surface area contributed by atoms with Gasteiger partial charge in [0, 0.05) is 25.8 Å². The maximum absolute atomic E-state index is 12.2. The van der Waals surface area contributed by atoms with Crippen molar-refractivity contribution in [3.8, 4) is 5.75 Å². The lowest BCUT2D eigenvalue weighted by molar-refractivity contribution is -0.114. The number of piperidine rings is 1. The molecule has 2 heterocycles. The standard InChI is InChI=1S/C17H23N3O3/c1-22-15-5-3-2-4-13(15)6-9-19-16(21)14-12-17(23-20-14)7-10-18-11-8-17/h2-5,18H,6-12H2,1H3,(H,19,21). The van der Waals surface area contributed by atoms with Crippen molar-refractivity contribution < 1.29 is 14.4 Å². The molecule has 0 aliphatic carbocycles. The van der Waals surface area contributed by atoms with Crippen LogP contribution in [0.15, 0.2) is 29.4 Å². The molecule has 0 unspecified atom stereocenters. The summed E-state index contributed by atoms with van der Waals surface area (Å²) in [6.45, 7) is 2.38. The van der Waals surface area contributed by atoms with E-state index >= 15 is 0 Å². The normalized spacial score (nSPS) is 19.1. The average Bonchev–Trinajstić information content (AvgIpc) is 2.99. The Balaban J connectivity index is 1.48. The SMILES string of the molecule is COc1ccccc1CCNC(=O)C1=NOC2(CCNCC2)C1.